The Balaban J connectivity index is 1.68. The van der Waals surface area contributed by atoms with Crippen molar-refractivity contribution in [3.05, 3.63) is 34.1 Å². The van der Waals surface area contributed by atoms with Crippen molar-refractivity contribution in [3.8, 4) is 29.5 Å². The normalized spacial score (nSPS) is 19.9. The van der Waals surface area contributed by atoms with Gasteiger partial charge in [0.1, 0.15) is 5.75 Å². The van der Waals surface area contributed by atoms with Gasteiger partial charge in [0.2, 0.25) is 5.82 Å². The summed E-state index contributed by atoms with van der Waals surface area (Å²) in [6, 6.07) is 5.22. The van der Waals surface area contributed by atoms with Gasteiger partial charge in [0.25, 0.3) is 5.56 Å². The summed E-state index contributed by atoms with van der Waals surface area (Å²) in [5.41, 5.74) is 0.865. The number of phenolic OH excluding ortho intramolecular Hbond substituents is 1. The third-order valence-electron chi connectivity index (χ3n) is 5.51. The molecule has 0 unspecified atom stereocenters. The third-order valence-corrected chi connectivity index (χ3v) is 5.51. The zero-order chi connectivity index (χ0) is 19.7. The molecule has 0 bridgehead atoms. The number of terminal acetylenes is 1. The van der Waals surface area contributed by atoms with Gasteiger partial charge in [0, 0.05) is 24.2 Å². The monoisotopic (exact) mass is 379 g/mol. The summed E-state index contributed by atoms with van der Waals surface area (Å²) in [7, 11) is 0. The van der Waals surface area contributed by atoms with Gasteiger partial charge in [-0.15, -0.1) is 16.6 Å². The molecular formula is C21H25N5O2. The Labute approximate surface area is 164 Å². The molecule has 2 aliphatic rings. The van der Waals surface area contributed by atoms with Gasteiger partial charge >= 0.3 is 0 Å². The molecule has 1 atom stereocenters. The minimum atomic E-state index is -0.179. The number of rotatable bonds is 5. The summed E-state index contributed by atoms with van der Waals surface area (Å²) >= 11 is 0. The fraction of sp³-hybridized carbons (Fsp3) is 0.476. The van der Waals surface area contributed by atoms with Gasteiger partial charge in [-0.25, -0.2) is 0 Å². The van der Waals surface area contributed by atoms with E-state index in [9.17, 15) is 9.90 Å². The highest BCUT2D eigenvalue weighted by molar-refractivity contribution is 5.66. The predicted octanol–water partition coefficient (Wildman–Crippen LogP) is 2.22. The first-order valence-corrected chi connectivity index (χ1v) is 9.88. The SMILES string of the molecule is C#Cc1ccc(-c2nnc(N[C@@H]3CCCN(CC)C3)c(=O)n2C2CC2)c(O)c1. The molecule has 28 heavy (non-hydrogen) atoms. The highest BCUT2D eigenvalue weighted by Crippen LogP contribution is 2.38. The van der Waals surface area contributed by atoms with E-state index in [-0.39, 0.29) is 23.4 Å². The van der Waals surface area contributed by atoms with E-state index < -0.39 is 0 Å². The van der Waals surface area contributed by atoms with Gasteiger partial charge < -0.3 is 15.3 Å². The Morgan fingerprint density at radius 2 is 2.14 bits per heavy atom. The maximum absolute atomic E-state index is 13.2. The maximum Gasteiger partial charge on any atom is 0.297 e. The molecule has 0 radical (unpaired) electrons. The lowest BCUT2D eigenvalue weighted by molar-refractivity contribution is 0.226. The summed E-state index contributed by atoms with van der Waals surface area (Å²) in [6.45, 7) is 5.15. The number of anilines is 1. The van der Waals surface area contributed by atoms with Crippen molar-refractivity contribution < 1.29 is 5.11 Å². The number of phenols is 1. The van der Waals surface area contributed by atoms with Gasteiger partial charge in [-0.2, -0.15) is 0 Å². The second kappa shape index (κ2) is 7.64. The van der Waals surface area contributed by atoms with E-state index in [4.69, 9.17) is 6.42 Å². The van der Waals surface area contributed by atoms with E-state index in [1.807, 2.05) is 0 Å². The average Bonchev–Trinajstić information content (AvgIpc) is 3.54. The number of benzene rings is 1. The molecule has 1 aromatic heterocycles. The van der Waals surface area contributed by atoms with Crippen LogP contribution in [0, 0.1) is 12.3 Å². The lowest BCUT2D eigenvalue weighted by atomic mass is 10.1. The van der Waals surface area contributed by atoms with Crippen LogP contribution in [0.5, 0.6) is 5.75 Å². The van der Waals surface area contributed by atoms with Crippen molar-refractivity contribution in [2.75, 3.05) is 25.0 Å². The first-order valence-electron chi connectivity index (χ1n) is 9.88. The molecule has 0 spiro atoms. The van der Waals surface area contributed by atoms with Crippen molar-refractivity contribution in [1.29, 1.82) is 0 Å². The molecule has 7 nitrogen and oxygen atoms in total. The Hall–Kier alpha value is -2.85. The fourth-order valence-electron chi connectivity index (χ4n) is 3.81. The predicted molar refractivity (Wildman–Crippen MR) is 108 cm³/mol. The second-order valence-corrected chi connectivity index (χ2v) is 7.53. The zero-order valence-corrected chi connectivity index (χ0v) is 16.1. The molecule has 1 aromatic carbocycles. The zero-order valence-electron chi connectivity index (χ0n) is 16.1. The van der Waals surface area contributed by atoms with E-state index in [1.165, 1.54) is 6.07 Å². The minimum Gasteiger partial charge on any atom is -0.507 e. The molecule has 1 aliphatic carbocycles. The van der Waals surface area contributed by atoms with Gasteiger partial charge in [-0.05, 0) is 57.0 Å². The average molecular weight is 379 g/mol. The Morgan fingerprint density at radius 3 is 2.82 bits per heavy atom. The summed E-state index contributed by atoms with van der Waals surface area (Å²) in [6.07, 6.45) is 9.35. The molecule has 2 aromatic rings. The minimum absolute atomic E-state index is 0.00475. The first kappa shape index (κ1) is 18.5. The number of likely N-dealkylation sites (N-methyl/N-ethyl adjacent to an activating group) is 1. The molecule has 1 saturated carbocycles. The van der Waals surface area contributed by atoms with Crippen LogP contribution in [-0.2, 0) is 0 Å². The highest BCUT2D eigenvalue weighted by Gasteiger charge is 2.31. The molecule has 0 amide bonds. The number of aromatic nitrogens is 3. The van der Waals surface area contributed by atoms with Crippen LogP contribution in [0.2, 0.25) is 0 Å². The highest BCUT2D eigenvalue weighted by atomic mass is 16.3. The van der Waals surface area contributed by atoms with Gasteiger partial charge in [-0.1, -0.05) is 12.8 Å². The largest absolute Gasteiger partial charge is 0.507 e. The van der Waals surface area contributed by atoms with Crippen LogP contribution in [-0.4, -0.2) is 50.4 Å². The number of hydrogen-bond acceptors (Lipinski definition) is 6. The van der Waals surface area contributed by atoms with Crippen LogP contribution < -0.4 is 10.9 Å². The van der Waals surface area contributed by atoms with E-state index in [0.29, 0.717) is 22.8 Å². The van der Waals surface area contributed by atoms with Crippen LogP contribution in [0.1, 0.15) is 44.2 Å². The number of likely N-dealkylation sites (tertiary alicyclic amines) is 1. The van der Waals surface area contributed by atoms with E-state index in [0.717, 1.165) is 45.3 Å². The Morgan fingerprint density at radius 1 is 1.32 bits per heavy atom. The molecule has 7 heteroatoms. The summed E-state index contributed by atoms with van der Waals surface area (Å²) in [5.74, 6) is 3.17. The van der Waals surface area contributed by atoms with E-state index >= 15 is 0 Å². The molecule has 146 valence electrons. The Bertz CT molecular complexity index is 974. The quantitative estimate of drug-likeness (QED) is 0.775. The maximum atomic E-state index is 13.2. The number of nitrogens with one attached hydrogen (secondary N) is 1. The lowest BCUT2D eigenvalue weighted by Gasteiger charge is -2.32. The van der Waals surface area contributed by atoms with Crippen LogP contribution in [0.25, 0.3) is 11.4 Å². The third kappa shape index (κ3) is 3.60. The number of aromatic hydroxyl groups is 1. The van der Waals surface area contributed by atoms with Crippen LogP contribution >= 0.6 is 0 Å². The van der Waals surface area contributed by atoms with Gasteiger partial charge in [-0.3, -0.25) is 9.36 Å². The van der Waals surface area contributed by atoms with Crippen molar-refractivity contribution in [2.24, 2.45) is 0 Å². The molecule has 2 heterocycles. The molecule has 1 saturated heterocycles. The summed E-state index contributed by atoms with van der Waals surface area (Å²) < 4.78 is 1.67. The number of piperidine rings is 1. The molecular weight excluding hydrogens is 354 g/mol. The Kier molecular flexibility index (Phi) is 5.05. The fourth-order valence-corrected chi connectivity index (χ4v) is 3.81. The van der Waals surface area contributed by atoms with E-state index in [1.54, 1.807) is 16.7 Å². The molecule has 1 aliphatic heterocycles. The van der Waals surface area contributed by atoms with Crippen LogP contribution in [0.4, 0.5) is 5.82 Å². The topological polar surface area (TPSA) is 83.3 Å². The van der Waals surface area contributed by atoms with E-state index in [2.05, 4.69) is 33.3 Å². The molecule has 2 fully saturated rings. The van der Waals surface area contributed by atoms with Gasteiger partial charge in [0.05, 0.1) is 5.56 Å². The molecule has 2 N–H and O–H groups in total. The van der Waals surface area contributed by atoms with Crippen molar-refractivity contribution >= 4 is 5.82 Å². The smallest absolute Gasteiger partial charge is 0.297 e. The number of nitrogens with zero attached hydrogens (tertiary/aromatic N) is 4. The summed E-state index contributed by atoms with van der Waals surface area (Å²) in [4.78, 5) is 15.5. The standard InChI is InChI=1S/C21H25N5O2/c1-3-14-7-10-17(18(27)12-14)20-24-23-19(21(28)26(20)16-8-9-16)22-15-6-5-11-25(4-2)13-15/h1,7,10,12,15-16,27H,4-6,8-9,11,13H2,2H3,(H,22,23)/t15-/m1/s1. The van der Waals surface area contributed by atoms with Crippen molar-refractivity contribution in [2.45, 2.75) is 44.7 Å². The first-order chi connectivity index (χ1) is 13.6. The van der Waals surface area contributed by atoms with Crippen LogP contribution in [0.15, 0.2) is 23.0 Å². The van der Waals surface area contributed by atoms with Gasteiger partial charge in [0.15, 0.2) is 5.82 Å². The van der Waals surface area contributed by atoms with Crippen molar-refractivity contribution in [1.82, 2.24) is 19.7 Å². The lowest BCUT2D eigenvalue weighted by Crippen LogP contribution is -2.43. The van der Waals surface area contributed by atoms with Crippen molar-refractivity contribution in [3.63, 3.8) is 0 Å². The number of hydrogen-bond donors (Lipinski definition) is 2. The van der Waals surface area contributed by atoms with Crippen LogP contribution in [0.3, 0.4) is 0 Å². The summed E-state index contributed by atoms with van der Waals surface area (Å²) in [5, 5.41) is 22.2. The molecule has 4 rings (SSSR count). The second-order valence-electron chi connectivity index (χ2n) is 7.53.